The van der Waals surface area contributed by atoms with E-state index in [1.807, 2.05) is 6.07 Å². The van der Waals surface area contributed by atoms with Gasteiger partial charge in [0.05, 0.1) is 30.1 Å². The summed E-state index contributed by atoms with van der Waals surface area (Å²) in [5.41, 5.74) is 1.11. The largest absolute Gasteiger partial charge is 0.509 e. The number of esters is 1. The third kappa shape index (κ3) is 4.61. The first-order chi connectivity index (χ1) is 15.9. The molecule has 10 heteroatoms. The molecule has 172 valence electrons. The number of nitrogens with one attached hydrogen (secondary N) is 1. The molecule has 0 saturated carbocycles. The first-order valence-electron chi connectivity index (χ1n) is 10.1. The number of benzene rings is 2. The third-order valence-corrected chi connectivity index (χ3v) is 6.93. The molecule has 9 nitrogen and oxygen atoms in total. The monoisotopic (exact) mass is 470 g/mol. The van der Waals surface area contributed by atoms with Crippen LogP contribution in [0.3, 0.4) is 0 Å². The minimum absolute atomic E-state index is 0.0574. The van der Waals surface area contributed by atoms with Crippen LogP contribution in [0.25, 0.3) is 0 Å². The van der Waals surface area contributed by atoms with Crippen LogP contribution >= 0.6 is 0 Å². The van der Waals surface area contributed by atoms with E-state index in [4.69, 9.17) is 9.47 Å². The molecule has 2 amide bonds. The molecule has 0 aliphatic carbocycles. The lowest BCUT2D eigenvalue weighted by Gasteiger charge is -2.48. The summed E-state index contributed by atoms with van der Waals surface area (Å²) >= 11 is 0. The van der Waals surface area contributed by atoms with Crippen LogP contribution < -0.4 is 10.1 Å². The van der Waals surface area contributed by atoms with E-state index in [1.165, 1.54) is 7.11 Å². The van der Waals surface area contributed by atoms with Crippen molar-refractivity contribution >= 4 is 28.6 Å². The highest BCUT2D eigenvalue weighted by Crippen LogP contribution is 2.34. The summed E-state index contributed by atoms with van der Waals surface area (Å²) in [5.74, 6) is -2.09. The van der Waals surface area contributed by atoms with Gasteiger partial charge in [-0.3, -0.25) is 18.7 Å². The maximum atomic E-state index is 12.7. The first-order valence-corrected chi connectivity index (χ1v) is 11.5. The van der Waals surface area contributed by atoms with E-state index < -0.39 is 45.8 Å². The fraction of sp³-hybridized carbons (Fsp3) is 0.261. The number of ether oxygens (including phenoxy) is 2. The zero-order chi connectivity index (χ0) is 23.5. The lowest BCUT2D eigenvalue weighted by Crippen LogP contribution is -2.73. The van der Waals surface area contributed by atoms with E-state index in [9.17, 15) is 23.7 Å². The summed E-state index contributed by atoms with van der Waals surface area (Å²) in [4.78, 5) is 38.8. The molecular weight excluding hydrogens is 448 g/mol. The van der Waals surface area contributed by atoms with Gasteiger partial charge in [0.2, 0.25) is 5.91 Å². The maximum absolute atomic E-state index is 12.7. The molecule has 0 bridgehead atoms. The van der Waals surface area contributed by atoms with E-state index >= 15 is 0 Å². The second-order valence-corrected chi connectivity index (χ2v) is 9.08. The molecule has 4 rings (SSSR count). The van der Waals surface area contributed by atoms with Crippen molar-refractivity contribution < 1.29 is 33.2 Å². The highest BCUT2D eigenvalue weighted by atomic mass is 32.2. The van der Waals surface area contributed by atoms with Gasteiger partial charge in [-0.2, -0.15) is 0 Å². The van der Waals surface area contributed by atoms with Crippen molar-refractivity contribution in [3.05, 3.63) is 77.2 Å². The molecule has 2 aliphatic rings. The minimum Gasteiger partial charge on any atom is -0.509 e. The lowest BCUT2D eigenvalue weighted by molar-refractivity contribution is -0.154. The van der Waals surface area contributed by atoms with Crippen molar-refractivity contribution in [1.82, 2.24) is 10.2 Å². The second-order valence-electron chi connectivity index (χ2n) is 7.55. The molecule has 1 unspecified atom stereocenters. The minimum atomic E-state index is -1.69. The number of aliphatic hydroxyl groups excluding tert-OH is 1. The zero-order valence-corrected chi connectivity index (χ0v) is 18.5. The number of hydrogen-bond donors (Lipinski definition) is 2. The van der Waals surface area contributed by atoms with Gasteiger partial charge in [-0.25, -0.2) is 4.79 Å². The summed E-state index contributed by atoms with van der Waals surface area (Å²) < 4.78 is 22.9. The van der Waals surface area contributed by atoms with Crippen LogP contribution in [0, 0.1) is 0 Å². The Morgan fingerprint density at radius 1 is 1.12 bits per heavy atom. The van der Waals surface area contributed by atoms with Crippen molar-refractivity contribution in [2.45, 2.75) is 24.4 Å². The number of β-lactam (4-membered cyclic amide) rings is 1. The Balaban J connectivity index is 1.42. The number of carbonyl (C=O) groups excluding carboxylic acids is 3. The SMILES string of the molecule is COc1ccc(COC(=O)C2=C(O)CS(=O)[C@@H]3[C@H](NC(=O)Cc4ccccc4)C(=O)N23)cc1. The Labute approximate surface area is 192 Å². The second kappa shape index (κ2) is 9.45. The molecule has 0 aromatic heterocycles. The van der Waals surface area contributed by atoms with Crippen molar-refractivity contribution in [2.24, 2.45) is 0 Å². The molecule has 3 atom stereocenters. The molecular formula is C23H22N2O7S. The van der Waals surface area contributed by atoms with Crippen LogP contribution in [0.5, 0.6) is 5.75 Å². The molecule has 2 heterocycles. The van der Waals surface area contributed by atoms with E-state index in [0.29, 0.717) is 11.3 Å². The predicted octanol–water partition coefficient (Wildman–Crippen LogP) is 1.17. The van der Waals surface area contributed by atoms with Gasteiger partial charge in [-0.15, -0.1) is 0 Å². The quantitative estimate of drug-likeness (QED) is 0.460. The van der Waals surface area contributed by atoms with Gasteiger partial charge < -0.3 is 19.9 Å². The Bertz CT molecular complexity index is 1130. The first kappa shape index (κ1) is 22.5. The number of methoxy groups -OCH3 is 1. The predicted molar refractivity (Wildman–Crippen MR) is 118 cm³/mol. The van der Waals surface area contributed by atoms with Gasteiger partial charge >= 0.3 is 5.97 Å². The number of fused-ring (bicyclic) bond motifs is 1. The van der Waals surface area contributed by atoms with E-state index in [-0.39, 0.29) is 24.5 Å². The van der Waals surface area contributed by atoms with Crippen molar-refractivity contribution in [3.8, 4) is 5.75 Å². The summed E-state index contributed by atoms with van der Waals surface area (Å²) in [6.07, 6.45) is 0.0574. The van der Waals surface area contributed by atoms with Crippen molar-refractivity contribution in [2.75, 3.05) is 12.9 Å². The fourth-order valence-corrected chi connectivity index (χ4v) is 5.20. The number of aliphatic hydroxyl groups is 1. The van der Waals surface area contributed by atoms with Crippen LogP contribution in [-0.2, 0) is 42.9 Å². The number of amides is 2. The average molecular weight is 471 g/mol. The summed E-state index contributed by atoms with van der Waals surface area (Å²) in [6, 6.07) is 14.8. The zero-order valence-electron chi connectivity index (χ0n) is 17.7. The van der Waals surface area contributed by atoms with Crippen LogP contribution in [0.2, 0.25) is 0 Å². The molecule has 0 spiro atoms. The lowest BCUT2D eigenvalue weighted by atomic mass is 10.0. The molecule has 33 heavy (non-hydrogen) atoms. The number of hydrogen-bond acceptors (Lipinski definition) is 7. The highest BCUT2D eigenvalue weighted by Gasteiger charge is 2.57. The fourth-order valence-electron chi connectivity index (χ4n) is 3.69. The normalized spacial score (nSPS) is 21.7. The molecule has 2 aromatic carbocycles. The maximum Gasteiger partial charge on any atom is 0.358 e. The molecule has 0 radical (unpaired) electrons. The van der Waals surface area contributed by atoms with Gasteiger partial charge in [0.15, 0.2) is 5.70 Å². The Morgan fingerprint density at radius 2 is 1.82 bits per heavy atom. The molecule has 1 saturated heterocycles. The smallest absolute Gasteiger partial charge is 0.358 e. The number of nitrogens with zero attached hydrogens (tertiary/aromatic N) is 1. The average Bonchev–Trinajstić information content (AvgIpc) is 2.81. The van der Waals surface area contributed by atoms with Gasteiger partial charge in [0.1, 0.15) is 29.5 Å². The van der Waals surface area contributed by atoms with E-state index in [0.717, 1.165) is 10.5 Å². The van der Waals surface area contributed by atoms with Gasteiger partial charge in [-0.1, -0.05) is 42.5 Å². The van der Waals surface area contributed by atoms with Gasteiger partial charge in [0.25, 0.3) is 5.91 Å². The topological polar surface area (TPSA) is 122 Å². The number of rotatable bonds is 7. The summed E-state index contributed by atoms with van der Waals surface area (Å²) in [6.45, 7) is -0.0906. The molecule has 1 fully saturated rings. The molecule has 2 N–H and O–H groups in total. The third-order valence-electron chi connectivity index (χ3n) is 5.35. The summed E-state index contributed by atoms with van der Waals surface area (Å²) in [7, 11) is -0.155. The Hall–Kier alpha value is -3.66. The van der Waals surface area contributed by atoms with Crippen LogP contribution in [0.4, 0.5) is 0 Å². The standard InChI is InChI=1S/C23H22N2O7S/c1-31-16-9-7-15(8-10-16)12-32-23(29)20-17(26)13-33(30)22-19(21(28)25(20)22)24-18(27)11-14-5-3-2-4-6-14/h2-10,19,22,26H,11-13H2,1H3,(H,24,27)/t19-,22-,33?/m1/s1. The van der Waals surface area contributed by atoms with Crippen LogP contribution in [0.15, 0.2) is 66.1 Å². The van der Waals surface area contributed by atoms with Gasteiger partial charge in [0, 0.05) is 0 Å². The Kier molecular flexibility index (Phi) is 6.45. The van der Waals surface area contributed by atoms with E-state index in [2.05, 4.69) is 5.32 Å². The number of carbonyl (C=O) groups is 3. The Morgan fingerprint density at radius 3 is 2.48 bits per heavy atom. The van der Waals surface area contributed by atoms with Crippen molar-refractivity contribution in [3.63, 3.8) is 0 Å². The van der Waals surface area contributed by atoms with Crippen molar-refractivity contribution in [1.29, 1.82) is 0 Å². The van der Waals surface area contributed by atoms with E-state index in [1.54, 1.807) is 48.5 Å². The van der Waals surface area contributed by atoms with Crippen LogP contribution in [0.1, 0.15) is 11.1 Å². The van der Waals surface area contributed by atoms with Gasteiger partial charge in [-0.05, 0) is 23.3 Å². The summed E-state index contributed by atoms with van der Waals surface area (Å²) in [5, 5.41) is 11.9. The highest BCUT2D eigenvalue weighted by molar-refractivity contribution is 7.86. The molecule has 2 aliphatic heterocycles. The molecule has 2 aromatic rings. The van der Waals surface area contributed by atoms with Crippen LogP contribution in [-0.4, -0.2) is 56.3 Å².